The van der Waals surface area contributed by atoms with E-state index in [9.17, 15) is 0 Å². The third kappa shape index (κ3) is 2.73. The molecule has 4 heteroatoms. The number of hydrogen-bond donors (Lipinski definition) is 1. The van der Waals surface area contributed by atoms with Gasteiger partial charge in [-0.2, -0.15) is 0 Å². The summed E-state index contributed by atoms with van der Waals surface area (Å²) in [7, 11) is 0. The molecule has 2 aromatic rings. The van der Waals surface area contributed by atoms with Crippen molar-refractivity contribution in [3.8, 4) is 0 Å². The second-order valence-electron chi connectivity index (χ2n) is 3.28. The molecule has 0 amide bonds. The maximum atomic E-state index is 5.66. The molecule has 0 spiro atoms. The maximum Gasteiger partial charge on any atom is 0.193 e. The van der Waals surface area contributed by atoms with E-state index in [1.807, 2.05) is 25.1 Å². The fraction of sp³-hybridized carbons (Fsp3) is 0.182. The van der Waals surface area contributed by atoms with Gasteiger partial charge in [0.05, 0.1) is 6.54 Å². The molecule has 0 saturated carbocycles. The number of aryl methyl sites for hydroxylation is 1. The number of nitrogens with zero attached hydrogens (tertiary/aromatic N) is 1. The van der Waals surface area contributed by atoms with Gasteiger partial charge in [-0.1, -0.05) is 0 Å². The van der Waals surface area contributed by atoms with Crippen molar-refractivity contribution in [3.63, 3.8) is 0 Å². The summed E-state index contributed by atoms with van der Waals surface area (Å²) in [6.07, 6.45) is 1.77. The van der Waals surface area contributed by atoms with Crippen molar-refractivity contribution in [1.29, 1.82) is 0 Å². The van der Waals surface area contributed by atoms with E-state index in [0.717, 1.165) is 11.6 Å². The number of aromatic nitrogens is 1. The summed E-state index contributed by atoms with van der Waals surface area (Å²) >= 11 is 5.66. The lowest BCUT2D eigenvalue weighted by Crippen LogP contribution is -2.00. The topological polar surface area (TPSA) is 38.1 Å². The number of hydrogen-bond acceptors (Lipinski definition) is 3. The van der Waals surface area contributed by atoms with Gasteiger partial charge in [0.1, 0.15) is 11.6 Å². The molecule has 0 bridgehead atoms. The van der Waals surface area contributed by atoms with Gasteiger partial charge in [-0.15, -0.1) is 0 Å². The summed E-state index contributed by atoms with van der Waals surface area (Å²) in [5, 5.41) is 3.56. The molecule has 0 aliphatic heterocycles. The minimum Gasteiger partial charge on any atom is -0.448 e. The van der Waals surface area contributed by atoms with Crippen LogP contribution in [0.4, 0.5) is 5.82 Å². The molecule has 2 aromatic heterocycles. The van der Waals surface area contributed by atoms with E-state index < -0.39 is 0 Å². The highest BCUT2D eigenvalue weighted by atomic mass is 35.5. The van der Waals surface area contributed by atoms with Crippen molar-refractivity contribution >= 4 is 17.4 Å². The van der Waals surface area contributed by atoms with Gasteiger partial charge in [-0.3, -0.25) is 0 Å². The summed E-state index contributed by atoms with van der Waals surface area (Å²) in [4.78, 5) is 4.18. The van der Waals surface area contributed by atoms with Gasteiger partial charge in [0.15, 0.2) is 5.22 Å². The molecule has 0 aliphatic carbocycles. The van der Waals surface area contributed by atoms with Crippen LogP contribution in [0.3, 0.4) is 0 Å². The average Bonchev–Trinajstić information content (AvgIpc) is 2.62. The standard InChI is InChI=1S/C11H11ClN2O/c1-8-4-5-13-11(6-8)14-7-9-2-3-10(12)15-9/h2-6H,7H2,1H3,(H,13,14). The molecule has 15 heavy (non-hydrogen) atoms. The second kappa shape index (κ2) is 4.36. The molecule has 2 heterocycles. The van der Waals surface area contributed by atoms with Crippen LogP contribution in [0.25, 0.3) is 0 Å². The van der Waals surface area contributed by atoms with Gasteiger partial charge in [-0.05, 0) is 48.4 Å². The van der Waals surface area contributed by atoms with E-state index in [1.54, 1.807) is 12.3 Å². The van der Waals surface area contributed by atoms with Gasteiger partial charge in [0.25, 0.3) is 0 Å². The summed E-state index contributed by atoms with van der Waals surface area (Å²) < 4.78 is 5.21. The largest absolute Gasteiger partial charge is 0.448 e. The highest BCUT2D eigenvalue weighted by molar-refractivity contribution is 6.28. The second-order valence-corrected chi connectivity index (χ2v) is 3.65. The number of nitrogens with one attached hydrogen (secondary N) is 1. The van der Waals surface area contributed by atoms with Crippen molar-refractivity contribution in [2.75, 3.05) is 5.32 Å². The van der Waals surface area contributed by atoms with E-state index in [2.05, 4.69) is 10.3 Å². The van der Waals surface area contributed by atoms with Gasteiger partial charge in [0.2, 0.25) is 0 Å². The summed E-state index contributed by atoms with van der Waals surface area (Å²) in [5.41, 5.74) is 1.17. The first kappa shape index (κ1) is 10.1. The Labute approximate surface area is 93.1 Å². The molecule has 0 aliphatic rings. The van der Waals surface area contributed by atoms with Crippen LogP contribution in [-0.4, -0.2) is 4.98 Å². The van der Waals surface area contributed by atoms with Crippen LogP contribution in [0.1, 0.15) is 11.3 Å². The van der Waals surface area contributed by atoms with Crippen LogP contribution in [0.5, 0.6) is 0 Å². The van der Waals surface area contributed by atoms with Crippen LogP contribution in [0.2, 0.25) is 5.22 Å². The van der Waals surface area contributed by atoms with Crippen LogP contribution in [0, 0.1) is 6.92 Å². The van der Waals surface area contributed by atoms with Crippen molar-refractivity contribution in [1.82, 2.24) is 4.98 Å². The van der Waals surface area contributed by atoms with Crippen LogP contribution in [0.15, 0.2) is 34.9 Å². The quantitative estimate of drug-likeness (QED) is 0.867. The first-order valence-electron chi connectivity index (χ1n) is 4.65. The maximum absolute atomic E-state index is 5.66. The van der Waals surface area contributed by atoms with Gasteiger partial charge >= 0.3 is 0 Å². The molecule has 1 N–H and O–H groups in total. The molecule has 78 valence electrons. The molecule has 0 atom stereocenters. The lowest BCUT2D eigenvalue weighted by molar-refractivity contribution is 0.519. The van der Waals surface area contributed by atoms with Gasteiger partial charge in [0, 0.05) is 6.20 Å². The van der Waals surface area contributed by atoms with Crippen molar-refractivity contribution in [2.45, 2.75) is 13.5 Å². The SMILES string of the molecule is Cc1ccnc(NCc2ccc(Cl)o2)c1. The predicted molar refractivity (Wildman–Crippen MR) is 60.0 cm³/mol. The predicted octanol–water partition coefficient (Wildman–Crippen LogP) is 3.25. The van der Waals surface area contributed by atoms with E-state index in [-0.39, 0.29) is 0 Å². The van der Waals surface area contributed by atoms with Crippen LogP contribution < -0.4 is 5.32 Å². The molecule has 0 aromatic carbocycles. The lowest BCUT2D eigenvalue weighted by Gasteiger charge is -2.03. The van der Waals surface area contributed by atoms with E-state index in [4.69, 9.17) is 16.0 Å². The molecule has 3 nitrogen and oxygen atoms in total. The Morgan fingerprint density at radius 3 is 2.93 bits per heavy atom. The zero-order chi connectivity index (χ0) is 10.7. The Hall–Kier alpha value is -1.48. The number of pyridine rings is 1. The highest BCUT2D eigenvalue weighted by Crippen LogP contribution is 2.14. The third-order valence-electron chi connectivity index (χ3n) is 1.99. The average molecular weight is 223 g/mol. The zero-order valence-electron chi connectivity index (χ0n) is 8.33. The Bertz CT molecular complexity index is 453. The molecular formula is C11H11ClN2O. The Morgan fingerprint density at radius 1 is 1.40 bits per heavy atom. The lowest BCUT2D eigenvalue weighted by atomic mass is 10.3. The van der Waals surface area contributed by atoms with Gasteiger partial charge in [-0.25, -0.2) is 4.98 Å². The number of halogens is 1. The molecule has 0 radical (unpaired) electrons. The number of rotatable bonds is 3. The van der Waals surface area contributed by atoms with E-state index >= 15 is 0 Å². The van der Waals surface area contributed by atoms with E-state index in [1.165, 1.54) is 5.56 Å². The summed E-state index contributed by atoms with van der Waals surface area (Å²) in [6, 6.07) is 7.49. The van der Waals surface area contributed by atoms with Crippen molar-refractivity contribution in [3.05, 3.63) is 47.0 Å². The fourth-order valence-electron chi connectivity index (χ4n) is 1.26. The molecular weight excluding hydrogens is 212 g/mol. The van der Waals surface area contributed by atoms with Crippen LogP contribution >= 0.6 is 11.6 Å². The van der Waals surface area contributed by atoms with Crippen molar-refractivity contribution < 1.29 is 4.42 Å². The Balaban J connectivity index is 1.99. The number of anilines is 1. The first-order chi connectivity index (χ1) is 7.24. The smallest absolute Gasteiger partial charge is 0.193 e. The normalized spacial score (nSPS) is 10.3. The minimum atomic E-state index is 0.406. The zero-order valence-corrected chi connectivity index (χ0v) is 9.08. The summed E-state index contributed by atoms with van der Waals surface area (Å²) in [6.45, 7) is 2.61. The molecule has 0 unspecified atom stereocenters. The number of furan rings is 1. The molecule has 2 rings (SSSR count). The highest BCUT2D eigenvalue weighted by Gasteiger charge is 1.99. The first-order valence-corrected chi connectivity index (χ1v) is 5.02. The van der Waals surface area contributed by atoms with Gasteiger partial charge < -0.3 is 9.73 Å². The molecule has 0 saturated heterocycles. The van der Waals surface area contributed by atoms with Crippen molar-refractivity contribution in [2.24, 2.45) is 0 Å². The Kier molecular flexibility index (Phi) is 2.92. The fourth-order valence-corrected chi connectivity index (χ4v) is 1.42. The van der Waals surface area contributed by atoms with Crippen LogP contribution in [-0.2, 0) is 6.54 Å². The monoisotopic (exact) mass is 222 g/mol. The third-order valence-corrected chi connectivity index (χ3v) is 2.19. The minimum absolute atomic E-state index is 0.406. The van der Waals surface area contributed by atoms with E-state index in [0.29, 0.717) is 11.8 Å². The molecule has 0 fully saturated rings. The Morgan fingerprint density at radius 2 is 2.27 bits per heavy atom. The summed E-state index contributed by atoms with van der Waals surface area (Å²) in [5.74, 6) is 1.63.